The first-order valence-corrected chi connectivity index (χ1v) is 5.33. The van der Waals surface area contributed by atoms with E-state index in [1.807, 2.05) is 0 Å². The minimum atomic E-state index is 0.0392. The van der Waals surface area contributed by atoms with Gasteiger partial charge >= 0.3 is 0 Å². The van der Waals surface area contributed by atoms with Gasteiger partial charge in [-0.15, -0.1) is 0 Å². The summed E-state index contributed by atoms with van der Waals surface area (Å²) >= 11 is 0. The second kappa shape index (κ2) is 5.03. The molecule has 86 valence electrons. The summed E-state index contributed by atoms with van der Waals surface area (Å²) in [5.74, 6) is 6.39. The number of rotatable bonds is 1. The van der Waals surface area contributed by atoms with Gasteiger partial charge in [0.2, 0.25) is 0 Å². The molecule has 0 spiro atoms. The fourth-order valence-electron chi connectivity index (χ4n) is 1.42. The van der Waals surface area contributed by atoms with Gasteiger partial charge < -0.3 is 0 Å². The Bertz CT molecular complexity index is 676. The van der Waals surface area contributed by atoms with E-state index in [0.29, 0.717) is 11.4 Å². The molecule has 0 amide bonds. The van der Waals surface area contributed by atoms with Crippen molar-refractivity contribution in [3.05, 3.63) is 53.6 Å². The third kappa shape index (κ3) is 2.48. The number of nitrogens with zero attached hydrogens (tertiary/aromatic N) is 2. The fraction of sp³-hybridized carbons (Fsp3) is 0.0667. The smallest absolute Gasteiger partial charge is 0.197 e. The highest BCUT2D eigenvalue weighted by molar-refractivity contribution is 5.94. The van der Waals surface area contributed by atoms with E-state index >= 15 is 0 Å². The van der Waals surface area contributed by atoms with Gasteiger partial charge in [-0.2, -0.15) is 0 Å². The van der Waals surface area contributed by atoms with E-state index < -0.39 is 0 Å². The van der Waals surface area contributed by atoms with Crippen molar-refractivity contribution in [1.29, 1.82) is 0 Å². The molecule has 0 saturated carbocycles. The van der Waals surface area contributed by atoms with Crippen molar-refractivity contribution >= 4 is 5.78 Å². The van der Waals surface area contributed by atoms with Gasteiger partial charge in [0.05, 0.1) is 0 Å². The Kier molecular flexibility index (Phi) is 3.27. The lowest BCUT2D eigenvalue weighted by atomic mass is 10.1. The summed E-state index contributed by atoms with van der Waals surface area (Å²) < 4.78 is 1.51. The standard InChI is InChI=1S/C15H10N2O/c1-3-17-11-10-16-15(17)9-6-13-4-7-14(8-5-13)12(2)18/h1,4-5,7-8,10-11H,2H3. The molecule has 1 heterocycles. The first-order chi connectivity index (χ1) is 8.70. The first kappa shape index (κ1) is 11.7. The molecule has 0 aliphatic rings. The van der Waals surface area contributed by atoms with Crippen molar-refractivity contribution in [2.45, 2.75) is 6.92 Å². The van der Waals surface area contributed by atoms with E-state index in [1.54, 1.807) is 36.7 Å². The number of carbonyl (C=O) groups excluding carboxylic acids is 1. The highest BCUT2D eigenvalue weighted by Gasteiger charge is 1.98. The van der Waals surface area contributed by atoms with Crippen LogP contribution in [0.3, 0.4) is 0 Å². The summed E-state index contributed by atoms with van der Waals surface area (Å²) in [7, 11) is 0. The number of hydrogen-bond donors (Lipinski definition) is 0. The maximum absolute atomic E-state index is 11.1. The molecule has 3 heteroatoms. The molecule has 0 unspecified atom stereocenters. The second-order valence-electron chi connectivity index (χ2n) is 3.63. The van der Waals surface area contributed by atoms with Crippen LogP contribution in [0, 0.1) is 24.3 Å². The number of aromatic nitrogens is 2. The van der Waals surface area contributed by atoms with E-state index in [2.05, 4.69) is 22.9 Å². The van der Waals surface area contributed by atoms with Crippen LogP contribution in [-0.4, -0.2) is 15.3 Å². The average Bonchev–Trinajstić information content (AvgIpc) is 2.84. The molecule has 0 fully saturated rings. The quantitative estimate of drug-likeness (QED) is 0.558. The Balaban J connectivity index is 2.26. The van der Waals surface area contributed by atoms with Crippen molar-refractivity contribution < 1.29 is 4.79 Å². The molecule has 0 saturated heterocycles. The average molecular weight is 234 g/mol. The lowest BCUT2D eigenvalue weighted by molar-refractivity contribution is 0.101. The third-order valence-corrected chi connectivity index (χ3v) is 2.39. The molecule has 0 N–H and O–H groups in total. The topological polar surface area (TPSA) is 34.9 Å². The van der Waals surface area contributed by atoms with Crippen LogP contribution in [0.4, 0.5) is 0 Å². The lowest BCUT2D eigenvalue weighted by Gasteiger charge is -1.94. The van der Waals surface area contributed by atoms with Crippen molar-refractivity contribution in [2.24, 2.45) is 0 Å². The zero-order valence-electron chi connectivity index (χ0n) is 9.84. The van der Waals surface area contributed by atoms with Crippen molar-refractivity contribution in [2.75, 3.05) is 0 Å². The van der Waals surface area contributed by atoms with Gasteiger partial charge in [-0.05, 0) is 25.0 Å². The van der Waals surface area contributed by atoms with Crippen LogP contribution < -0.4 is 0 Å². The summed E-state index contributed by atoms with van der Waals surface area (Å²) in [4.78, 5) is 15.2. The number of terminal acetylenes is 1. The first-order valence-electron chi connectivity index (χ1n) is 5.33. The molecule has 1 aromatic heterocycles. The zero-order valence-corrected chi connectivity index (χ0v) is 9.84. The highest BCUT2D eigenvalue weighted by atomic mass is 16.1. The summed E-state index contributed by atoms with van der Waals surface area (Å²) in [5.41, 5.74) is 1.48. The van der Waals surface area contributed by atoms with Crippen LogP contribution in [0.25, 0.3) is 0 Å². The molecule has 0 aliphatic heterocycles. The maximum atomic E-state index is 11.1. The van der Waals surface area contributed by atoms with Gasteiger partial charge in [0.15, 0.2) is 11.6 Å². The largest absolute Gasteiger partial charge is 0.295 e. The van der Waals surface area contributed by atoms with Crippen molar-refractivity contribution in [1.82, 2.24) is 9.55 Å². The SMILES string of the molecule is C#Cn1ccnc1C#Cc1ccc(C(C)=O)cc1. The molecule has 2 rings (SSSR count). The Morgan fingerprint density at radius 3 is 2.61 bits per heavy atom. The van der Waals surface area contributed by atoms with Gasteiger partial charge in [0.1, 0.15) is 0 Å². The summed E-state index contributed by atoms with van der Waals surface area (Å²) in [6.07, 6.45) is 8.55. The van der Waals surface area contributed by atoms with Crippen LogP contribution in [-0.2, 0) is 0 Å². The number of carbonyl (C=O) groups is 1. The number of Topliss-reactive ketones (excluding diaryl/α,β-unsaturated/α-hetero) is 1. The number of hydrogen-bond acceptors (Lipinski definition) is 2. The van der Waals surface area contributed by atoms with Crippen LogP contribution in [0.2, 0.25) is 0 Å². The lowest BCUT2D eigenvalue weighted by Crippen LogP contribution is -1.92. The second-order valence-corrected chi connectivity index (χ2v) is 3.63. The number of imidazole rings is 1. The van der Waals surface area contributed by atoms with Gasteiger partial charge in [-0.1, -0.05) is 24.5 Å². The molecule has 2 aromatic rings. The molecular weight excluding hydrogens is 224 g/mol. The van der Waals surface area contributed by atoms with Crippen molar-refractivity contribution in [3.8, 4) is 24.3 Å². The summed E-state index contributed by atoms with van der Waals surface area (Å²) in [6.45, 7) is 1.53. The predicted octanol–water partition coefficient (Wildman–Crippen LogP) is 1.92. The van der Waals surface area contributed by atoms with E-state index in [9.17, 15) is 4.79 Å². The van der Waals surface area contributed by atoms with E-state index in [-0.39, 0.29) is 5.78 Å². The molecule has 3 nitrogen and oxygen atoms in total. The Labute approximate surface area is 105 Å². The Hall–Kier alpha value is -2.78. The van der Waals surface area contributed by atoms with Crippen molar-refractivity contribution in [3.63, 3.8) is 0 Å². The Morgan fingerprint density at radius 2 is 2.00 bits per heavy atom. The number of ketones is 1. The zero-order chi connectivity index (χ0) is 13.0. The van der Waals surface area contributed by atoms with Gasteiger partial charge in [0, 0.05) is 29.6 Å². The molecule has 0 atom stereocenters. The highest BCUT2D eigenvalue weighted by Crippen LogP contribution is 2.04. The van der Waals surface area contributed by atoms with E-state index in [1.165, 1.54) is 11.5 Å². The van der Waals surface area contributed by atoms with Crippen LogP contribution >= 0.6 is 0 Å². The molecule has 0 aliphatic carbocycles. The molecular formula is C15H10N2O. The Morgan fingerprint density at radius 1 is 1.28 bits per heavy atom. The van der Waals surface area contributed by atoms with Gasteiger partial charge in [-0.25, -0.2) is 4.98 Å². The fourth-order valence-corrected chi connectivity index (χ4v) is 1.42. The van der Waals surface area contributed by atoms with E-state index in [4.69, 9.17) is 6.42 Å². The normalized spacial score (nSPS) is 9.11. The molecule has 18 heavy (non-hydrogen) atoms. The molecule has 0 bridgehead atoms. The van der Waals surface area contributed by atoms with Crippen LogP contribution in [0.5, 0.6) is 0 Å². The van der Waals surface area contributed by atoms with E-state index in [0.717, 1.165) is 5.56 Å². The van der Waals surface area contributed by atoms with Crippen LogP contribution in [0.15, 0.2) is 36.7 Å². The van der Waals surface area contributed by atoms with Gasteiger partial charge in [0.25, 0.3) is 0 Å². The van der Waals surface area contributed by atoms with Crippen LogP contribution in [0.1, 0.15) is 28.7 Å². The number of benzene rings is 1. The minimum absolute atomic E-state index is 0.0392. The maximum Gasteiger partial charge on any atom is 0.197 e. The molecule has 1 aromatic carbocycles. The van der Waals surface area contributed by atoms with Gasteiger partial charge in [-0.3, -0.25) is 9.36 Å². The predicted molar refractivity (Wildman–Crippen MR) is 68.9 cm³/mol. The summed E-state index contributed by atoms with van der Waals surface area (Å²) in [5, 5.41) is 0. The third-order valence-electron chi connectivity index (χ3n) is 2.39. The monoisotopic (exact) mass is 234 g/mol. The summed E-state index contributed by atoms with van der Waals surface area (Å²) in [6, 6.07) is 9.54. The minimum Gasteiger partial charge on any atom is -0.295 e. The molecule has 0 radical (unpaired) electrons.